The van der Waals surface area contributed by atoms with Gasteiger partial charge >= 0.3 is 0 Å². The normalized spacial score (nSPS) is 15.5. The highest BCUT2D eigenvalue weighted by Crippen LogP contribution is 2.30. The van der Waals surface area contributed by atoms with Crippen LogP contribution in [0.2, 0.25) is 0 Å². The number of anilines is 1. The van der Waals surface area contributed by atoms with Gasteiger partial charge in [-0.1, -0.05) is 0 Å². The van der Waals surface area contributed by atoms with Gasteiger partial charge in [-0.25, -0.2) is 4.68 Å². The molecule has 9 nitrogen and oxygen atoms in total. The van der Waals surface area contributed by atoms with E-state index in [-0.39, 0.29) is 42.3 Å². The van der Waals surface area contributed by atoms with Crippen LogP contribution in [0.5, 0.6) is 0 Å². The highest BCUT2D eigenvalue weighted by Gasteiger charge is 2.29. The SMILES string of the molecule is CC(C(=O)NCCNC(=O)c1ccc(NC(=O)C2CC2)cc1)n1nc2c(cc1=O)CCC2. The fourth-order valence-corrected chi connectivity index (χ4v) is 3.71. The fraction of sp³-hybridized carbons (Fsp3) is 0.435. The summed E-state index contributed by atoms with van der Waals surface area (Å²) in [7, 11) is 0. The molecule has 0 aliphatic heterocycles. The maximum Gasteiger partial charge on any atom is 0.267 e. The average Bonchev–Trinajstić information content (AvgIpc) is 3.55. The predicted octanol–water partition coefficient (Wildman–Crippen LogP) is 1.19. The van der Waals surface area contributed by atoms with Gasteiger partial charge in [-0.3, -0.25) is 19.2 Å². The highest BCUT2D eigenvalue weighted by atomic mass is 16.2. The smallest absolute Gasteiger partial charge is 0.267 e. The number of nitrogens with zero attached hydrogens (tertiary/aromatic N) is 2. The molecule has 2 aromatic rings. The molecule has 0 bridgehead atoms. The van der Waals surface area contributed by atoms with Crippen LogP contribution < -0.4 is 21.5 Å². The van der Waals surface area contributed by atoms with Crippen LogP contribution in [-0.2, 0) is 22.4 Å². The lowest BCUT2D eigenvalue weighted by Gasteiger charge is -2.15. The van der Waals surface area contributed by atoms with Crippen LogP contribution in [-0.4, -0.2) is 40.6 Å². The number of carbonyl (C=O) groups excluding carboxylic acids is 3. The molecule has 0 radical (unpaired) electrons. The number of aryl methyl sites for hydroxylation is 2. The van der Waals surface area contributed by atoms with Gasteiger partial charge in [-0.2, -0.15) is 5.10 Å². The minimum Gasteiger partial charge on any atom is -0.352 e. The van der Waals surface area contributed by atoms with Crippen LogP contribution >= 0.6 is 0 Å². The first kappa shape index (κ1) is 21.7. The Morgan fingerprint density at radius 1 is 1.09 bits per heavy atom. The standard InChI is InChI=1S/C23H27N5O4/c1-14(28-20(29)13-17-3-2-4-19(17)27-28)21(30)24-11-12-25-22(31)15-7-9-18(10-8-15)26-23(32)16-5-6-16/h7-10,13-14,16H,2-6,11-12H2,1H3,(H,24,30)(H,25,31)(H,26,32). The van der Waals surface area contributed by atoms with E-state index in [4.69, 9.17) is 0 Å². The third-order valence-corrected chi connectivity index (χ3v) is 5.80. The summed E-state index contributed by atoms with van der Waals surface area (Å²) in [5.74, 6) is -0.469. The minimum atomic E-state index is -0.734. The summed E-state index contributed by atoms with van der Waals surface area (Å²) in [5.41, 5.74) is 2.70. The quantitative estimate of drug-likeness (QED) is 0.536. The van der Waals surface area contributed by atoms with Crippen LogP contribution in [0.15, 0.2) is 35.1 Å². The molecule has 32 heavy (non-hydrogen) atoms. The fourth-order valence-electron chi connectivity index (χ4n) is 3.71. The van der Waals surface area contributed by atoms with E-state index in [1.54, 1.807) is 37.3 Å². The number of hydrogen-bond acceptors (Lipinski definition) is 5. The Kier molecular flexibility index (Phi) is 6.34. The van der Waals surface area contributed by atoms with Crippen molar-refractivity contribution in [1.82, 2.24) is 20.4 Å². The van der Waals surface area contributed by atoms with Crippen molar-refractivity contribution in [2.24, 2.45) is 5.92 Å². The van der Waals surface area contributed by atoms with Crippen molar-refractivity contribution in [2.45, 2.75) is 45.1 Å². The molecule has 1 unspecified atom stereocenters. The molecule has 4 rings (SSSR count). The van der Waals surface area contributed by atoms with Crippen molar-refractivity contribution in [3.05, 3.63) is 57.5 Å². The zero-order valence-electron chi connectivity index (χ0n) is 18.0. The third-order valence-electron chi connectivity index (χ3n) is 5.80. The van der Waals surface area contributed by atoms with Gasteiger partial charge in [0.2, 0.25) is 11.8 Å². The largest absolute Gasteiger partial charge is 0.352 e. The lowest BCUT2D eigenvalue weighted by molar-refractivity contribution is -0.124. The topological polar surface area (TPSA) is 122 Å². The van der Waals surface area contributed by atoms with E-state index >= 15 is 0 Å². The first-order valence-corrected chi connectivity index (χ1v) is 11.0. The van der Waals surface area contributed by atoms with Gasteiger partial charge in [0.1, 0.15) is 6.04 Å². The first-order chi connectivity index (χ1) is 15.4. The molecule has 1 fully saturated rings. The Bertz CT molecular complexity index is 1090. The molecule has 1 atom stereocenters. The summed E-state index contributed by atoms with van der Waals surface area (Å²) in [6.45, 7) is 2.10. The van der Waals surface area contributed by atoms with Gasteiger partial charge in [0, 0.05) is 36.3 Å². The van der Waals surface area contributed by atoms with Crippen molar-refractivity contribution in [3.8, 4) is 0 Å². The van der Waals surface area contributed by atoms with Crippen molar-refractivity contribution in [3.63, 3.8) is 0 Å². The van der Waals surface area contributed by atoms with Crippen LogP contribution in [0, 0.1) is 5.92 Å². The second kappa shape index (κ2) is 9.33. The second-order valence-corrected chi connectivity index (χ2v) is 8.32. The summed E-state index contributed by atoms with van der Waals surface area (Å²) in [5, 5.41) is 12.7. The molecule has 9 heteroatoms. The summed E-state index contributed by atoms with van der Waals surface area (Å²) >= 11 is 0. The van der Waals surface area contributed by atoms with Crippen molar-refractivity contribution in [2.75, 3.05) is 18.4 Å². The van der Waals surface area contributed by atoms with Gasteiger partial charge in [0.05, 0.1) is 5.69 Å². The van der Waals surface area contributed by atoms with E-state index in [0.717, 1.165) is 43.4 Å². The lowest BCUT2D eigenvalue weighted by atomic mass is 10.2. The van der Waals surface area contributed by atoms with Gasteiger partial charge in [-0.15, -0.1) is 0 Å². The molecule has 168 valence electrons. The van der Waals surface area contributed by atoms with Crippen LogP contribution in [0.3, 0.4) is 0 Å². The maximum atomic E-state index is 12.4. The molecule has 3 amide bonds. The minimum absolute atomic E-state index is 0.0181. The Hall–Kier alpha value is -3.49. The molecule has 1 aromatic heterocycles. The lowest BCUT2D eigenvalue weighted by Crippen LogP contribution is -2.40. The monoisotopic (exact) mass is 437 g/mol. The van der Waals surface area contributed by atoms with Gasteiger partial charge in [-0.05, 0) is 68.9 Å². The number of rotatable bonds is 8. The van der Waals surface area contributed by atoms with E-state index < -0.39 is 6.04 Å². The Morgan fingerprint density at radius 3 is 2.53 bits per heavy atom. The number of aromatic nitrogens is 2. The summed E-state index contributed by atoms with van der Waals surface area (Å²) < 4.78 is 1.22. The van der Waals surface area contributed by atoms with E-state index in [9.17, 15) is 19.2 Å². The third kappa shape index (κ3) is 5.04. The van der Waals surface area contributed by atoms with Gasteiger partial charge in [0.15, 0.2) is 0 Å². The maximum absolute atomic E-state index is 12.4. The van der Waals surface area contributed by atoms with Crippen molar-refractivity contribution >= 4 is 23.4 Å². The molecule has 3 N–H and O–H groups in total. The summed E-state index contributed by atoms with van der Waals surface area (Å²) in [4.78, 5) is 48.8. The van der Waals surface area contributed by atoms with Crippen molar-refractivity contribution < 1.29 is 14.4 Å². The zero-order valence-corrected chi connectivity index (χ0v) is 18.0. The van der Waals surface area contributed by atoms with Crippen molar-refractivity contribution in [1.29, 1.82) is 0 Å². The Balaban J connectivity index is 1.22. The van der Waals surface area contributed by atoms with E-state index in [1.165, 1.54) is 4.68 Å². The number of carbonyl (C=O) groups is 3. The Morgan fingerprint density at radius 2 is 1.81 bits per heavy atom. The van der Waals surface area contributed by atoms with E-state index in [1.807, 2.05) is 0 Å². The molecular weight excluding hydrogens is 410 g/mol. The molecule has 2 aliphatic rings. The summed E-state index contributed by atoms with van der Waals surface area (Å²) in [6.07, 6.45) is 4.52. The number of fused-ring (bicyclic) bond motifs is 1. The van der Waals surface area contributed by atoms with Gasteiger partial charge in [0.25, 0.3) is 11.5 Å². The average molecular weight is 438 g/mol. The molecular formula is C23H27N5O4. The second-order valence-electron chi connectivity index (χ2n) is 8.32. The molecule has 0 saturated heterocycles. The number of benzene rings is 1. The molecule has 2 aliphatic carbocycles. The molecule has 1 saturated carbocycles. The summed E-state index contributed by atoms with van der Waals surface area (Å²) in [6, 6.07) is 7.51. The highest BCUT2D eigenvalue weighted by molar-refractivity contribution is 5.96. The Labute approximate surface area is 185 Å². The molecule has 0 spiro atoms. The number of nitrogens with one attached hydrogen (secondary N) is 3. The van der Waals surface area contributed by atoms with Crippen LogP contribution in [0.4, 0.5) is 5.69 Å². The van der Waals surface area contributed by atoms with Gasteiger partial charge < -0.3 is 16.0 Å². The molecule has 1 heterocycles. The van der Waals surface area contributed by atoms with E-state index in [0.29, 0.717) is 11.3 Å². The number of amides is 3. The predicted molar refractivity (Wildman–Crippen MR) is 118 cm³/mol. The zero-order chi connectivity index (χ0) is 22.7. The first-order valence-electron chi connectivity index (χ1n) is 11.0. The van der Waals surface area contributed by atoms with Crippen LogP contribution in [0.25, 0.3) is 0 Å². The van der Waals surface area contributed by atoms with E-state index in [2.05, 4.69) is 21.0 Å². The number of hydrogen-bond donors (Lipinski definition) is 3. The van der Waals surface area contributed by atoms with Crippen LogP contribution in [0.1, 0.15) is 53.8 Å². The molecule has 1 aromatic carbocycles.